The zero-order chi connectivity index (χ0) is 15.5. The highest BCUT2D eigenvalue weighted by Crippen LogP contribution is 2.23. The van der Waals surface area contributed by atoms with E-state index < -0.39 is 0 Å². The molecule has 0 saturated carbocycles. The van der Waals surface area contributed by atoms with E-state index in [0.717, 1.165) is 22.2 Å². The lowest BCUT2D eigenvalue weighted by atomic mass is 10.0. The Morgan fingerprint density at radius 1 is 1.05 bits per heavy atom. The molecule has 2 aromatic heterocycles. The highest BCUT2D eigenvalue weighted by Gasteiger charge is 2.12. The number of pyridine rings is 2. The SMILES string of the molecule is CON(C)C(=O)c1cccc(-c2cnc3cccnc3c2)c1. The van der Waals surface area contributed by atoms with Crippen LogP contribution in [0.3, 0.4) is 0 Å². The molecule has 0 unspecified atom stereocenters. The van der Waals surface area contributed by atoms with Crippen LogP contribution in [0.2, 0.25) is 0 Å². The average molecular weight is 293 g/mol. The summed E-state index contributed by atoms with van der Waals surface area (Å²) in [5.41, 5.74) is 4.06. The summed E-state index contributed by atoms with van der Waals surface area (Å²) < 4.78 is 0. The molecular weight excluding hydrogens is 278 g/mol. The van der Waals surface area contributed by atoms with Crippen molar-refractivity contribution in [2.24, 2.45) is 0 Å². The Bertz CT molecular complexity index is 833. The van der Waals surface area contributed by atoms with Crippen LogP contribution in [0.15, 0.2) is 54.9 Å². The predicted molar refractivity (Wildman–Crippen MR) is 84.1 cm³/mol. The number of benzene rings is 1. The zero-order valence-electron chi connectivity index (χ0n) is 12.4. The molecule has 0 radical (unpaired) electrons. The smallest absolute Gasteiger partial charge is 0.274 e. The van der Waals surface area contributed by atoms with E-state index in [1.807, 2.05) is 36.4 Å². The van der Waals surface area contributed by atoms with Gasteiger partial charge < -0.3 is 0 Å². The quantitative estimate of drug-likeness (QED) is 0.697. The van der Waals surface area contributed by atoms with E-state index in [1.54, 1.807) is 25.5 Å². The maximum atomic E-state index is 12.1. The number of rotatable bonds is 3. The Hall–Kier alpha value is -2.79. The van der Waals surface area contributed by atoms with Crippen LogP contribution in [0, 0.1) is 0 Å². The van der Waals surface area contributed by atoms with Gasteiger partial charge in [-0.1, -0.05) is 12.1 Å². The predicted octanol–water partition coefficient (Wildman–Crippen LogP) is 2.93. The second-order valence-corrected chi connectivity index (χ2v) is 4.83. The van der Waals surface area contributed by atoms with Crippen molar-refractivity contribution in [3.63, 3.8) is 0 Å². The minimum atomic E-state index is -0.198. The van der Waals surface area contributed by atoms with Gasteiger partial charge in [0, 0.05) is 30.6 Å². The summed E-state index contributed by atoms with van der Waals surface area (Å²) in [7, 11) is 3.04. The number of fused-ring (bicyclic) bond motifs is 1. The minimum absolute atomic E-state index is 0.198. The lowest BCUT2D eigenvalue weighted by Crippen LogP contribution is -2.25. The molecule has 5 heteroatoms. The van der Waals surface area contributed by atoms with E-state index >= 15 is 0 Å². The van der Waals surface area contributed by atoms with Gasteiger partial charge in [0.05, 0.1) is 18.1 Å². The van der Waals surface area contributed by atoms with Crippen LogP contribution in [0.1, 0.15) is 10.4 Å². The number of nitrogens with zero attached hydrogens (tertiary/aromatic N) is 3. The van der Waals surface area contributed by atoms with E-state index in [0.29, 0.717) is 5.56 Å². The summed E-state index contributed by atoms with van der Waals surface area (Å²) in [6.07, 6.45) is 3.52. The fourth-order valence-corrected chi connectivity index (χ4v) is 2.21. The Labute approximate surface area is 128 Å². The Kier molecular flexibility index (Phi) is 3.80. The molecule has 1 amide bonds. The van der Waals surface area contributed by atoms with Crippen molar-refractivity contribution in [2.45, 2.75) is 0 Å². The highest BCUT2D eigenvalue weighted by molar-refractivity contribution is 5.95. The molecule has 2 heterocycles. The van der Waals surface area contributed by atoms with Gasteiger partial charge in [-0.25, -0.2) is 5.06 Å². The number of aromatic nitrogens is 2. The first-order valence-electron chi connectivity index (χ1n) is 6.82. The van der Waals surface area contributed by atoms with Gasteiger partial charge in [-0.3, -0.25) is 19.6 Å². The molecule has 5 nitrogen and oxygen atoms in total. The van der Waals surface area contributed by atoms with E-state index in [1.165, 1.54) is 12.2 Å². The molecule has 1 aromatic carbocycles. The van der Waals surface area contributed by atoms with E-state index in [9.17, 15) is 4.79 Å². The second-order valence-electron chi connectivity index (χ2n) is 4.83. The number of hydroxylamine groups is 2. The van der Waals surface area contributed by atoms with Gasteiger partial charge in [-0.2, -0.15) is 0 Å². The van der Waals surface area contributed by atoms with Crippen LogP contribution >= 0.6 is 0 Å². The first-order chi connectivity index (χ1) is 10.7. The number of hydrogen-bond donors (Lipinski definition) is 0. The number of hydrogen-bond acceptors (Lipinski definition) is 4. The van der Waals surface area contributed by atoms with Crippen molar-refractivity contribution in [3.05, 3.63) is 60.4 Å². The van der Waals surface area contributed by atoms with E-state index in [4.69, 9.17) is 4.84 Å². The molecule has 0 N–H and O–H groups in total. The Morgan fingerprint density at radius 3 is 2.73 bits per heavy atom. The fourth-order valence-electron chi connectivity index (χ4n) is 2.21. The van der Waals surface area contributed by atoms with Crippen LogP contribution < -0.4 is 0 Å². The third-order valence-corrected chi connectivity index (χ3v) is 3.45. The molecule has 0 saturated heterocycles. The van der Waals surface area contributed by atoms with Crippen LogP contribution in [-0.4, -0.2) is 35.1 Å². The first-order valence-corrected chi connectivity index (χ1v) is 6.82. The standard InChI is InChI=1S/C17H15N3O2/c1-20(22-2)17(21)13-6-3-5-12(9-13)14-10-16-15(19-11-14)7-4-8-18-16/h3-11H,1-2H3. The van der Waals surface area contributed by atoms with Gasteiger partial charge in [0.25, 0.3) is 5.91 Å². The Balaban J connectivity index is 2.01. The molecule has 0 aliphatic heterocycles. The summed E-state index contributed by atoms with van der Waals surface area (Å²) in [6.45, 7) is 0. The van der Waals surface area contributed by atoms with Gasteiger partial charge in [0.2, 0.25) is 0 Å². The molecule has 0 bridgehead atoms. The van der Waals surface area contributed by atoms with Crippen molar-refractivity contribution in [1.29, 1.82) is 0 Å². The van der Waals surface area contributed by atoms with E-state index in [-0.39, 0.29) is 5.91 Å². The first kappa shape index (κ1) is 14.2. The largest absolute Gasteiger partial charge is 0.277 e. The Morgan fingerprint density at radius 2 is 1.91 bits per heavy atom. The van der Waals surface area contributed by atoms with Gasteiger partial charge in [-0.15, -0.1) is 0 Å². The highest BCUT2D eigenvalue weighted by atomic mass is 16.7. The van der Waals surface area contributed by atoms with Crippen molar-refractivity contribution >= 4 is 16.9 Å². The summed E-state index contributed by atoms with van der Waals surface area (Å²) in [4.78, 5) is 25.8. The summed E-state index contributed by atoms with van der Waals surface area (Å²) in [6, 6.07) is 13.1. The average Bonchev–Trinajstić information content (AvgIpc) is 2.60. The molecule has 0 spiro atoms. The zero-order valence-corrected chi connectivity index (χ0v) is 12.4. The van der Waals surface area contributed by atoms with Crippen LogP contribution in [0.5, 0.6) is 0 Å². The van der Waals surface area contributed by atoms with Crippen LogP contribution in [-0.2, 0) is 4.84 Å². The molecule has 3 aromatic rings. The van der Waals surface area contributed by atoms with Crippen molar-refractivity contribution in [1.82, 2.24) is 15.0 Å². The van der Waals surface area contributed by atoms with Crippen LogP contribution in [0.25, 0.3) is 22.2 Å². The van der Waals surface area contributed by atoms with Gasteiger partial charge in [-0.05, 0) is 35.9 Å². The number of amides is 1. The lowest BCUT2D eigenvalue weighted by molar-refractivity contribution is -0.0756. The van der Waals surface area contributed by atoms with Gasteiger partial charge in [0.1, 0.15) is 0 Å². The molecule has 110 valence electrons. The van der Waals surface area contributed by atoms with Crippen molar-refractivity contribution in [3.8, 4) is 11.1 Å². The fraction of sp³-hybridized carbons (Fsp3) is 0.118. The summed E-state index contributed by atoms with van der Waals surface area (Å²) in [5, 5.41) is 1.19. The third-order valence-electron chi connectivity index (χ3n) is 3.45. The maximum absolute atomic E-state index is 12.1. The third kappa shape index (κ3) is 2.66. The summed E-state index contributed by atoms with van der Waals surface area (Å²) >= 11 is 0. The molecule has 0 atom stereocenters. The number of carbonyl (C=O) groups excluding carboxylic acids is 1. The molecule has 0 aliphatic rings. The van der Waals surface area contributed by atoms with E-state index in [2.05, 4.69) is 9.97 Å². The lowest BCUT2D eigenvalue weighted by Gasteiger charge is -2.14. The maximum Gasteiger partial charge on any atom is 0.277 e. The monoisotopic (exact) mass is 293 g/mol. The molecule has 0 aliphatic carbocycles. The van der Waals surface area contributed by atoms with Crippen LogP contribution in [0.4, 0.5) is 0 Å². The van der Waals surface area contributed by atoms with Gasteiger partial charge >= 0.3 is 0 Å². The van der Waals surface area contributed by atoms with Crippen molar-refractivity contribution in [2.75, 3.05) is 14.2 Å². The second kappa shape index (κ2) is 5.91. The topological polar surface area (TPSA) is 55.3 Å². The normalized spacial score (nSPS) is 10.6. The molecule has 0 fully saturated rings. The van der Waals surface area contributed by atoms with Crippen molar-refractivity contribution < 1.29 is 9.63 Å². The molecule has 3 rings (SSSR count). The van der Waals surface area contributed by atoms with Gasteiger partial charge in [0.15, 0.2) is 0 Å². The number of carbonyl (C=O) groups is 1. The minimum Gasteiger partial charge on any atom is -0.274 e. The summed E-state index contributed by atoms with van der Waals surface area (Å²) in [5.74, 6) is -0.198. The molecular formula is C17H15N3O2. The molecule has 22 heavy (non-hydrogen) atoms.